The van der Waals surface area contributed by atoms with Crippen LogP contribution in [0.3, 0.4) is 0 Å². The highest BCUT2D eigenvalue weighted by molar-refractivity contribution is 8.08. The normalized spacial score (nSPS) is 22.0. The summed E-state index contributed by atoms with van der Waals surface area (Å²) < 4.78 is 0.0685. The summed E-state index contributed by atoms with van der Waals surface area (Å²) in [5.41, 5.74) is 14.4. The molecule has 7 N–H and O–H groups in total. The molecule has 8 heteroatoms. The van der Waals surface area contributed by atoms with Crippen LogP contribution in [0.4, 0.5) is 5.69 Å². The Labute approximate surface area is 172 Å². The van der Waals surface area contributed by atoms with E-state index in [0.717, 1.165) is 42.6 Å². The van der Waals surface area contributed by atoms with Crippen LogP contribution in [0.15, 0.2) is 30.1 Å². The Bertz CT molecular complexity index is 637. The largest absolute Gasteiger partial charge is 0.403 e. The number of nitrogens with one attached hydrogen (secondary N) is 3. The summed E-state index contributed by atoms with van der Waals surface area (Å²) in [6.07, 6.45) is 1.58. The van der Waals surface area contributed by atoms with Crippen LogP contribution in [-0.4, -0.2) is 44.8 Å². The fourth-order valence-corrected chi connectivity index (χ4v) is 4.52. The predicted molar refractivity (Wildman–Crippen MR) is 119 cm³/mol. The number of nitrogens with two attached hydrogens (primary N) is 2. The van der Waals surface area contributed by atoms with Crippen molar-refractivity contribution in [2.45, 2.75) is 30.9 Å². The van der Waals surface area contributed by atoms with Gasteiger partial charge in [-0.25, -0.2) is 0 Å². The monoisotopic (exact) mass is 412 g/mol. The van der Waals surface area contributed by atoms with Crippen molar-refractivity contribution >= 4 is 29.1 Å². The quantitative estimate of drug-likeness (QED) is 0.203. The minimum atomic E-state index is 0.0685. The van der Waals surface area contributed by atoms with E-state index in [-0.39, 0.29) is 4.75 Å². The van der Waals surface area contributed by atoms with Crippen molar-refractivity contribution in [2.24, 2.45) is 11.5 Å². The van der Waals surface area contributed by atoms with Crippen molar-refractivity contribution in [1.82, 2.24) is 16.0 Å². The SMILES string of the molecule is CCN(CC)c1ccc(C2(C)S[C@H]2NCCN/C(=C\N)CNCN)cc1Cl. The highest BCUT2D eigenvalue weighted by Crippen LogP contribution is 2.59. The second-order valence-corrected chi connectivity index (χ2v) is 8.61. The Hall–Kier alpha value is -1.12. The molecular formula is C19H33ClN6S. The number of nitrogens with zero attached hydrogens (tertiary/aromatic N) is 1. The molecule has 1 saturated heterocycles. The fourth-order valence-electron chi connectivity index (χ4n) is 3.12. The maximum atomic E-state index is 6.57. The van der Waals surface area contributed by atoms with Gasteiger partial charge in [0.15, 0.2) is 0 Å². The molecule has 1 aromatic carbocycles. The van der Waals surface area contributed by atoms with Crippen molar-refractivity contribution in [2.75, 3.05) is 44.3 Å². The van der Waals surface area contributed by atoms with Crippen molar-refractivity contribution in [1.29, 1.82) is 0 Å². The Morgan fingerprint density at radius 3 is 2.67 bits per heavy atom. The van der Waals surface area contributed by atoms with Crippen LogP contribution in [0.5, 0.6) is 0 Å². The molecule has 27 heavy (non-hydrogen) atoms. The summed E-state index contributed by atoms with van der Waals surface area (Å²) in [6, 6.07) is 6.48. The van der Waals surface area contributed by atoms with Crippen molar-refractivity contribution in [3.8, 4) is 0 Å². The van der Waals surface area contributed by atoms with E-state index in [2.05, 4.69) is 59.8 Å². The second-order valence-electron chi connectivity index (χ2n) is 6.65. The molecule has 1 heterocycles. The topological polar surface area (TPSA) is 91.4 Å². The maximum Gasteiger partial charge on any atom is 0.0730 e. The first-order valence-corrected chi connectivity index (χ1v) is 10.8. The van der Waals surface area contributed by atoms with Crippen LogP contribution in [0.2, 0.25) is 5.02 Å². The molecule has 1 aromatic rings. The Kier molecular flexibility index (Phi) is 8.57. The Morgan fingerprint density at radius 1 is 1.33 bits per heavy atom. The van der Waals surface area contributed by atoms with Gasteiger partial charge < -0.3 is 27.0 Å². The summed E-state index contributed by atoms with van der Waals surface area (Å²) in [4.78, 5) is 2.28. The molecule has 0 aromatic heterocycles. The number of thioether (sulfide) groups is 1. The number of hydrogen-bond donors (Lipinski definition) is 5. The number of rotatable bonds is 12. The minimum absolute atomic E-state index is 0.0685. The van der Waals surface area contributed by atoms with E-state index >= 15 is 0 Å². The van der Waals surface area contributed by atoms with Gasteiger partial charge in [-0.05, 0) is 38.5 Å². The van der Waals surface area contributed by atoms with Gasteiger partial charge in [0.2, 0.25) is 0 Å². The third-order valence-electron chi connectivity index (χ3n) is 4.90. The van der Waals surface area contributed by atoms with Crippen LogP contribution in [0, 0.1) is 0 Å². The molecule has 2 atom stereocenters. The number of benzene rings is 1. The zero-order valence-electron chi connectivity index (χ0n) is 16.5. The van der Waals surface area contributed by atoms with E-state index in [1.54, 1.807) is 6.20 Å². The van der Waals surface area contributed by atoms with Gasteiger partial charge >= 0.3 is 0 Å². The van der Waals surface area contributed by atoms with Crippen LogP contribution >= 0.6 is 23.4 Å². The van der Waals surface area contributed by atoms with Gasteiger partial charge in [0.1, 0.15) is 0 Å². The van der Waals surface area contributed by atoms with Crippen molar-refractivity contribution in [3.63, 3.8) is 0 Å². The fraction of sp³-hybridized carbons (Fsp3) is 0.579. The van der Waals surface area contributed by atoms with Gasteiger partial charge in [-0.15, -0.1) is 11.8 Å². The summed E-state index contributed by atoms with van der Waals surface area (Å²) >= 11 is 8.49. The smallest absolute Gasteiger partial charge is 0.0730 e. The van der Waals surface area contributed by atoms with E-state index in [1.165, 1.54) is 5.56 Å². The standard InChI is InChI=1S/C19H33ClN6S/c1-4-26(5-2)17-7-6-14(10-16(17)20)19(3)18(27-19)25-9-8-24-15(11-21)12-23-13-22/h6-7,10-11,18,23-25H,4-5,8-9,12-13,21-22H2,1-3H3/b15-11-/t18-,19?/m1/s1. The van der Waals surface area contributed by atoms with E-state index in [1.807, 2.05) is 11.8 Å². The minimum Gasteiger partial charge on any atom is -0.403 e. The first-order chi connectivity index (χ1) is 13.0. The molecule has 0 amide bonds. The highest BCUT2D eigenvalue weighted by Gasteiger charge is 2.52. The third kappa shape index (κ3) is 5.68. The molecule has 0 spiro atoms. The molecule has 152 valence electrons. The van der Waals surface area contributed by atoms with Crippen LogP contribution in [-0.2, 0) is 4.75 Å². The third-order valence-corrected chi connectivity index (χ3v) is 6.78. The maximum absolute atomic E-state index is 6.57. The molecule has 6 nitrogen and oxygen atoms in total. The van der Waals surface area contributed by atoms with E-state index in [9.17, 15) is 0 Å². The predicted octanol–water partition coefficient (Wildman–Crippen LogP) is 1.96. The first-order valence-electron chi connectivity index (χ1n) is 9.51. The lowest BCUT2D eigenvalue weighted by molar-refractivity contribution is 0.587. The zero-order chi connectivity index (χ0) is 19.9. The van der Waals surface area contributed by atoms with Crippen molar-refractivity contribution < 1.29 is 0 Å². The molecule has 0 radical (unpaired) electrons. The van der Waals surface area contributed by atoms with Gasteiger partial charge in [-0.3, -0.25) is 5.32 Å². The highest BCUT2D eigenvalue weighted by atomic mass is 35.5. The Balaban J connectivity index is 1.84. The number of hydrogen-bond acceptors (Lipinski definition) is 7. The van der Waals surface area contributed by atoms with Crippen molar-refractivity contribution in [3.05, 3.63) is 40.7 Å². The van der Waals surface area contributed by atoms with Gasteiger partial charge in [0.05, 0.1) is 20.8 Å². The lowest BCUT2D eigenvalue weighted by atomic mass is 10.0. The molecule has 1 aliphatic rings. The van der Waals surface area contributed by atoms with Gasteiger partial charge in [0, 0.05) is 51.3 Å². The van der Waals surface area contributed by atoms with Crippen LogP contribution in [0.25, 0.3) is 0 Å². The molecule has 2 rings (SSSR count). The molecule has 1 unspecified atom stereocenters. The molecule has 0 aliphatic carbocycles. The number of halogens is 1. The molecule has 0 bridgehead atoms. The molecular weight excluding hydrogens is 380 g/mol. The average Bonchev–Trinajstić information content (AvgIpc) is 3.34. The van der Waals surface area contributed by atoms with Crippen LogP contribution in [0.1, 0.15) is 26.3 Å². The lowest BCUT2D eigenvalue weighted by Crippen LogP contribution is -2.35. The summed E-state index contributed by atoms with van der Waals surface area (Å²) in [5.74, 6) is 0. The van der Waals surface area contributed by atoms with Gasteiger partial charge in [0.25, 0.3) is 0 Å². The van der Waals surface area contributed by atoms with Gasteiger partial charge in [-0.2, -0.15) is 0 Å². The molecule has 0 saturated carbocycles. The Morgan fingerprint density at radius 2 is 2.07 bits per heavy atom. The average molecular weight is 413 g/mol. The summed E-state index contributed by atoms with van der Waals surface area (Å²) in [5, 5.41) is 11.2. The van der Waals surface area contributed by atoms with E-state index in [0.29, 0.717) is 18.6 Å². The molecule has 1 aliphatic heterocycles. The molecule has 1 fully saturated rings. The van der Waals surface area contributed by atoms with Gasteiger partial charge in [-0.1, -0.05) is 17.7 Å². The summed E-state index contributed by atoms with van der Waals surface area (Å²) in [7, 11) is 0. The summed E-state index contributed by atoms with van der Waals surface area (Å²) in [6.45, 7) is 11.2. The van der Waals surface area contributed by atoms with Crippen LogP contribution < -0.4 is 32.3 Å². The second kappa shape index (κ2) is 10.4. The number of anilines is 1. The lowest BCUT2D eigenvalue weighted by Gasteiger charge is -2.23. The first kappa shape index (κ1) is 22.2. The zero-order valence-corrected chi connectivity index (χ0v) is 18.1. The van der Waals surface area contributed by atoms with E-state index < -0.39 is 0 Å². The van der Waals surface area contributed by atoms with E-state index in [4.69, 9.17) is 23.1 Å².